The maximum Gasteiger partial charge on any atom is 0.164 e. The number of benzene rings is 1. The van der Waals surface area contributed by atoms with E-state index in [0.717, 1.165) is 43.0 Å². The first-order chi connectivity index (χ1) is 8.78. The standard InChI is InChI=1S/C14H18N4/c1-2-10-3-5-11(6-4-10)14-17-16-13-8-7-12(15)9-18(13)14/h3-6,12H,2,7-9,15H2,1H3. The highest BCUT2D eigenvalue weighted by atomic mass is 15.3. The molecule has 94 valence electrons. The van der Waals surface area contributed by atoms with Crippen LogP contribution in [0.4, 0.5) is 0 Å². The van der Waals surface area contributed by atoms with E-state index >= 15 is 0 Å². The molecule has 0 amide bonds. The lowest BCUT2D eigenvalue weighted by atomic mass is 10.1. The molecule has 1 aliphatic heterocycles. The third-order valence-corrected chi connectivity index (χ3v) is 3.60. The fraction of sp³-hybridized carbons (Fsp3) is 0.429. The Bertz CT molecular complexity index is 541. The van der Waals surface area contributed by atoms with E-state index in [1.165, 1.54) is 5.56 Å². The second kappa shape index (κ2) is 4.53. The second-order valence-electron chi connectivity index (χ2n) is 4.90. The van der Waals surface area contributed by atoms with Crippen LogP contribution >= 0.6 is 0 Å². The third-order valence-electron chi connectivity index (χ3n) is 3.60. The molecule has 0 saturated heterocycles. The lowest BCUT2D eigenvalue weighted by Gasteiger charge is -2.20. The first kappa shape index (κ1) is 11.4. The van der Waals surface area contributed by atoms with Gasteiger partial charge in [-0.3, -0.25) is 0 Å². The lowest BCUT2D eigenvalue weighted by Crippen LogP contribution is -2.32. The summed E-state index contributed by atoms with van der Waals surface area (Å²) in [7, 11) is 0. The first-order valence-corrected chi connectivity index (χ1v) is 6.55. The Morgan fingerprint density at radius 2 is 2.06 bits per heavy atom. The molecule has 1 aromatic heterocycles. The summed E-state index contributed by atoms with van der Waals surface area (Å²) >= 11 is 0. The summed E-state index contributed by atoms with van der Waals surface area (Å²) in [6.07, 6.45) is 3.00. The van der Waals surface area contributed by atoms with Crippen LogP contribution < -0.4 is 5.73 Å². The summed E-state index contributed by atoms with van der Waals surface area (Å²) in [4.78, 5) is 0. The molecule has 2 heterocycles. The van der Waals surface area contributed by atoms with Crippen molar-refractivity contribution >= 4 is 0 Å². The molecule has 3 rings (SSSR count). The Labute approximate surface area is 107 Å². The zero-order valence-electron chi connectivity index (χ0n) is 10.6. The summed E-state index contributed by atoms with van der Waals surface area (Å²) in [5, 5.41) is 8.58. The maximum atomic E-state index is 6.02. The molecule has 2 aromatic rings. The molecule has 0 radical (unpaired) electrons. The normalized spacial score (nSPS) is 18.7. The van der Waals surface area contributed by atoms with Crippen LogP contribution in [0.2, 0.25) is 0 Å². The van der Waals surface area contributed by atoms with Crippen molar-refractivity contribution in [2.24, 2.45) is 5.73 Å². The molecule has 1 aliphatic rings. The van der Waals surface area contributed by atoms with Crippen LogP contribution in [0.25, 0.3) is 11.4 Å². The predicted octanol–water partition coefficient (Wildman–Crippen LogP) is 1.78. The van der Waals surface area contributed by atoms with Crippen molar-refractivity contribution in [1.29, 1.82) is 0 Å². The van der Waals surface area contributed by atoms with Crippen LogP contribution in [-0.4, -0.2) is 20.8 Å². The monoisotopic (exact) mass is 242 g/mol. The van der Waals surface area contributed by atoms with Gasteiger partial charge < -0.3 is 10.3 Å². The summed E-state index contributed by atoms with van der Waals surface area (Å²) < 4.78 is 2.16. The highest BCUT2D eigenvalue weighted by Gasteiger charge is 2.20. The van der Waals surface area contributed by atoms with Crippen molar-refractivity contribution in [1.82, 2.24) is 14.8 Å². The van der Waals surface area contributed by atoms with Gasteiger partial charge in [0.05, 0.1) is 0 Å². The minimum Gasteiger partial charge on any atom is -0.326 e. The molecular formula is C14H18N4. The van der Waals surface area contributed by atoms with Gasteiger partial charge >= 0.3 is 0 Å². The predicted molar refractivity (Wildman–Crippen MR) is 71.1 cm³/mol. The minimum absolute atomic E-state index is 0.224. The number of fused-ring (bicyclic) bond motifs is 1. The summed E-state index contributed by atoms with van der Waals surface area (Å²) in [5.41, 5.74) is 8.49. The summed E-state index contributed by atoms with van der Waals surface area (Å²) in [6, 6.07) is 8.77. The van der Waals surface area contributed by atoms with Gasteiger partial charge in [-0.05, 0) is 18.4 Å². The molecule has 4 heteroatoms. The minimum atomic E-state index is 0.224. The van der Waals surface area contributed by atoms with Crippen LogP contribution in [0.5, 0.6) is 0 Å². The van der Waals surface area contributed by atoms with Gasteiger partial charge in [0, 0.05) is 24.6 Å². The molecule has 4 nitrogen and oxygen atoms in total. The molecule has 1 unspecified atom stereocenters. The highest BCUT2D eigenvalue weighted by molar-refractivity contribution is 5.56. The van der Waals surface area contributed by atoms with Crippen molar-refractivity contribution in [3.63, 3.8) is 0 Å². The maximum absolute atomic E-state index is 6.02. The molecule has 0 bridgehead atoms. The molecule has 0 saturated carbocycles. The van der Waals surface area contributed by atoms with Crippen LogP contribution in [0, 0.1) is 0 Å². The Balaban J connectivity index is 1.98. The van der Waals surface area contributed by atoms with Gasteiger partial charge in [-0.25, -0.2) is 0 Å². The molecular weight excluding hydrogens is 224 g/mol. The van der Waals surface area contributed by atoms with Gasteiger partial charge in [-0.15, -0.1) is 10.2 Å². The Morgan fingerprint density at radius 3 is 2.78 bits per heavy atom. The number of hydrogen-bond acceptors (Lipinski definition) is 3. The van der Waals surface area contributed by atoms with Gasteiger partial charge in [-0.2, -0.15) is 0 Å². The van der Waals surface area contributed by atoms with Crippen molar-refractivity contribution in [2.45, 2.75) is 38.8 Å². The number of rotatable bonds is 2. The van der Waals surface area contributed by atoms with Crippen LogP contribution in [0.15, 0.2) is 24.3 Å². The van der Waals surface area contributed by atoms with Gasteiger partial charge in [0.2, 0.25) is 0 Å². The largest absolute Gasteiger partial charge is 0.326 e. The first-order valence-electron chi connectivity index (χ1n) is 6.55. The van der Waals surface area contributed by atoms with E-state index in [2.05, 4.69) is 46.0 Å². The van der Waals surface area contributed by atoms with Crippen LogP contribution in [-0.2, 0) is 19.4 Å². The van der Waals surface area contributed by atoms with E-state index in [9.17, 15) is 0 Å². The number of nitrogens with zero attached hydrogens (tertiary/aromatic N) is 3. The number of aryl methyl sites for hydroxylation is 2. The van der Waals surface area contributed by atoms with E-state index < -0.39 is 0 Å². The van der Waals surface area contributed by atoms with Crippen molar-refractivity contribution < 1.29 is 0 Å². The van der Waals surface area contributed by atoms with Crippen molar-refractivity contribution in [3.8, 4) is 11.4 Å². The third kappa shape index (κ3) is 1.93. The van der Waals surface area contributed by atoms with E-state index in [-0.39, 0.29) is 6.04 Å². The molecule has 0 aliphatic carbocycles. The number of hydrogen-bond donors (Lipinski definition) is 1. The zero-order valence-corrected chi connectivity index (χ0v) is 10.6. The summed E-state index contributed by atoms with van der Waals surface area (Å²) in [5.74, 6) is 2.01. The molecule has 0 fully saturated rings. The highest BCUT2D eigenvalue weighted by Crippen LogP contribution is 2.22. The molecule has 1 aromatic carbocycles. The number of nitrogens with two attached hydrogens (primary N) is 1. The van der Waals surface area contributed by atoms with Crippen molar-refractivity contribution in [2.75, 3.05) is 0 Å². The van der Waals surface area contributed by atoms with E-state index in [0.29, 0.717) is 0 Å². The van der Waals surface area contributed by atoms with E-state index in [1.807, 2.05) is 0 Å². The molecule has 1 atom stereocenters. The fourth-order valence-corrected chi connectivity index (χ4v) is 2.46. The van der Waals surface area contributed by atoms with Gasteiger partial charge in [0.1, 0.15) is 5.82 Å². The molecule has 0 spiro atoms. The Morgan fingerprint density at radius 1 is 1.28 bits per heavy atom. The Kier molecular flexibility index (Phi) is 2.88. The van der Waals surface area contributed by atoms with Gasteiger partial charge in [0.15, 0.2) is 5.82 Å². The average Bonchev–Trinajstić information content (AvgIpc) is 2.82. The lowest BCUT2D eigenvalue weighted by molar-refractivity contribution is 0.456. The van der Waals surface area contributed by atoms with Gasteiger partial charge in [0.25, 0.3) is 0 Å². The Hall–Kier alpha value is -1.68. The molecule has 2 N–H and O–H groups in total. The van der Waals surface area contributed by atoms with Crippen LogP contribution in [0.3, 0.4) is 0 Å². The second-order valence-corrected chi connectivity index (χ2v) is 4.90. The van der Waals surface area contributed by atoms with E-state index in [1.54, 1.807) is 0 Å². The van der Waals surface area contributed by atoms with E-state index in [4.69, 9.17) is 5.73 Å². The fourth-order valence-electron chi connectivity index (χ4n) is 2.46. The quantitative estimate of drug-likeness (QED) is 0.873. The van der Waals surface area contributed by atoms with Crippen LogP contribution in [0.1, 0.15) is 24.7 Å². The smallest absolute Gasteiger partial charge is 0.164 e. The van der Waals surface area contributed by atoms with Crippen molar-refractivity contribution in [3.05, 3.63) is 35.7 Å². The SMILES string of the molecule is CCc1ccc(-c2nnc3n2CC(N)CC3)cc1. The molecule has 18 heavy (non-hydrogen) atoms. The van der Waals surface area contributed by atoms with Gasteiger partial charge in [-0.1, -0.05) is 31.2 Å². The summed E-state index contributed by atoms with van der Waals surface area (Å²) in [6.45, 7) is 2.99. The number of aromatic nitrogens is 3. The topological polar surface area (TPSA) is 56.7 Å². The average molecular weight is 242 g/mol. The zero-order chi connectivity index (χ0) is 12.5.